The Morgan fingerprint density at radius 1 is 1.00 bits per heavy atom. The predicted octanol–water partition coefficient (Wildman–Crippen LogP) is 4.82. The van der Waals surface area contributed by atoms with E-state index in [1.165, 1.54) is 37.9 Å². The molecule has 154 valence electrons. The van der Waals surface area contributed by atoms with E-state index in [9.17, 15) is 9.18 Å². The first-order valence-corrected chi connectivity index (χ1v) is 10.9. The summed E-state index contributed by atoms with van der Waals surface area (Å²) < 4.78 is 13.5. The molecular formula is C25H31FN2O. The van der Waals surface area contributed by atoms with Crippen LogP contribution >= 0.6 is 0 Å². The number of aryl methyl sites for hydroxylation is 1. The van der Waals surface area contributed by atoms with Gasteiger partial charge in [0.15, 0.2) is 0 Å². The largest absolute Gasteiger partial charge is 0.338 e. The lowest BCUT2D eigenvalue weighted by molar-refractivity contribution is 0.0787. The molecule has 2 aliphatic rings. The molecule has 2 aliphatic heterocycles. The van der Waals surface area contributed by atoms with Gasteiger partial charge >= 0.3 is 0 Å². The molecule has 2 heterocycles. The lowest BCUT2D eigenvalue weighted by atomic mass is 9.97. The average molecular weight is 395 g/mol. The Kier molecular flexibility index (Phi) is 6.29. The van der Waals surface area contributed by atoms with E-state index in [4.69, 9.17) is 0 Å². The number of likely N-dealkylation sites (tertiary alicyclic amines) is 2. The first kappa shape index (κ1) is 20.1. The Bertz CT molecular complexity index is 842. The molecule has 0 saturated carbocycles. The van der Waals surface area contributed by atoms with Gasteiger partial charge in [-0.1, -0.05) is 30.7 Å². The van der Waals surface area contributed by atoms with Crippen molar-refractivity contribution in [2.45, 2.75) is 45.6 Å². The van der Waals surface area contributed by atoms with Gasteiger partial charge in [0.05, 0.1) is 0 Å². The Hall–Kier alpha value is -2.20. The van der Waals surface area contributed by atoms with Crippen LogP contribution in [0.25, 0.3) is 0 Å². The molecule has 0 aliphatic carbocycles. The van der Waals surface area contributed by atoms with Crippen LogP contribution in [0.4, 0.5) is 4.39 Å². The van der Waals surface area contributed by atoms with Crippen molar-refractivity contribution < 1.29 is 9.18 Å². The highest BCUT2D eigenvalue weighted by Crippen LogP contribution is 2.24. The summed E-state index contributed by atoms with van der Waals surface area (Å²) in [4.78, 5) is 17.4. The second-order valence-electron chi connectivity index (χ2n) is 8.73. The van der Waals surface area contributed by atoms with Gasteiger partial charge in [-0.3, -0.25) is 9.69 Å². The van der Waals surface area contributed by atoms with Gasteiger partial charge in [0, 0.05) is 25.2 Å². The smallest absolute Gasteiger partial charge is 0.253 e. The third-order valence-electron chi connectivity index (χ3n) is 6.38. The SMILES string of the molecule is Cc1cc(CC2CCN(C(=O)c3ccc(CN4CCCCC4)cc3)C2)ccc1F. The summed E-state index contributed by atoms with van der Waals surface area (Å²) in [6.07, 6.45) is 5.85. The zero-order valence-corrected chi connectivity index (χ0v) is 17.4. The van der Waals surface area contributed by atoms with Crippen molar-refractivity contribution >= 4 is 5.91 Å². The molecule has 1 unspecified atom stereocenters. The highest BCUT2D eigenvalue weighted by molar-refractivity contribution is 5.94. The molecule has 0 bridgehead atoms. The van der Waals surface area contributed by atoms with E-state index in [-0.39, 0.29) is 11.7 Å². The molecule has 2 aromatic rings. The van der Waals surface area contributed by atoms with Gasteiger partial charge in [0.25, 0.3) is 5.91 Å². The lowest BCUT2D eigenvalue weighted by Gasteiger charge is -2.26. The minimum Gasteiger partial charge on any atom is -0.338 e. The Balaban J connectivity index is 1.31. The summed E-state index contributed by atoms with van der Waals surface area (Å²) in [7, 11) is 0. The average Bonchev–Trinajstić information content (AvgIpc) is 3.20. The van der Waals surface area contributed by atoms with Crippen LogP contribution in [-0.4, -0.2) is 41.9 Å². The fourth-order valence-electron chi connectivity index (χ4n) is 4.66. The first-order valence-electron chi connectivity index (χ1n) is 10.9. The summed E-state index contributed by atoms with van der Waals surface area (Å²) in [5, 5.41) is 0. The van der Waals surface area contributed by atoms with Crippen LogP contribution in [0.5, 0.6) is 0 Å². The monoisotopic (exact) mass is 394 g/mol. The Morgan fingerprint density at radius 3 is 2.45 bits per heavy atom. The fraction of sp³-hybridized carbons (Fsp3) is 0.480. The second-order valence-corrected chi connectivity index (χ2v) is 8.73. The van der Waals surface area contributed by atoms with Gasteiger partial charge < -0.3 is 4.90 Å². The molecule has 0 N–H and O–H groups in total. The van der Waals surface area contributed by atoms with Crippen molar-refractivity contribution in [1.82, 2.24) is 9.80 Å². The van der Waals surface area contributed by atoms with E-state index in [0.717, 1.165) is 43.6 Å². The first-order chi connectivity index (χ1) is 14.1. The van der Waals surface area contributed by atoms with E-state index in [0.29, 0.717) is 11.5 Å². The highest BCUT2D eigenvalue weighted by atomic mass is 19.1. The van der Waals surface area contributed by atoms with Gasteiger partial charge in [-0.05, 0) is 86.5 Å². The molecule has 0 radical (unpaired) electrons. The standard InChI is InChI=1S/C25H31FN2O/c1-19-15-21(7-10-24(19)26)16-22-11-14-28(18-22)25(29)23-8-5-20(6-9-23)17-27-12-3-2-4-13-27/h5-10,15,22H,2-4,11-14,16-18H2,1H3. The van der Waals surface area contributed by atoms with Crippen LogP contribution < -0.4 is 0 Å². The molecule has 0 aromatic heterocycles. The van der Waals surface area contributed by atoms with Crippen molar-refractivity contribution in [2.75, 3.05) is 26.2 Å². The number of hydrogen-bond acceptors (Lipinski definition) is 2. The summed E-state index contributed by atoms with van der Waals surface area (Å²) in [6.45, 7) is 6.74. The summed E-state index contributed by atoms with van der Waals surface area (Å²) in [5.74, 6) is 0.426. The number of piperidine rings is 1. The molecule has 2 aromatic carbocycles. The number of halogens is 1. The third-order valence-corrected chi connectivity index (χ3v) is 6.38. The highest BCUT2D eigenvalue weighted by Gasteiger charge is 2.27. The number of rotatable bonds is 5. The summed E-state index contributed by atoms with van der Waals surface area (Å²) >= 11 is 0. The number of carbonyl (C=O) groups excluding carboxylic acids is 1. The van der Waals surface area contributed by atoms with Gasteiger partial charge in [-0.25, -0.2) is 4.39 Å². The molecule has 0 spiro atoms. The molecule has 2 fully saturated rings. The molecule has 1 amide bonds. The van der Waals surface area contributed by atoms with Crippen molar-refractivity contribution in [1.29, 1.82) is 0 Å². The maximum atomic E-state index is 13.5. The minimum absolute atomic E-state index is 0.132. The molecule has 3 nitrogen and oxygen atoms in total. The normalized spacial score (nSPS) is 20.2. The molecular weight excluding hydrogens is 363 g/mol. The zero-order chi connectivity index (χ0) is 20.2. The topological polar surface area (TPSA) is 23.6 Å². The number of amides is 1. The Morgan fingerprint density at radius 2 is 1.72 bits per heavy atom. The maximum Gasteiger partial charge on any atom is 0.253 e. The molecule has 2 saturated heterocycles. The van der Waals surface area contributed by atoms with E-state index >= 15 is 0 Å². The number of hydrogen-bond donors (Lipinski definition) is 0. The van der Waals surface area contributed by atoms with Crippen LogP contribution in [0.2, 0.25) is 0 Å². The van der Waals surface area contributed by atoms with E-state index < -0.39 is 0 Å². The quantitative estimate of drug-likeness (QED) is 0.726. The summed E-state index contributed by atoms with van der Waals surface area (Å²) in [6, 6.07) is 13.5. The van der Waals surface area contributed by atoms with Gasteiger partial charge in [-0.15, -0.1) is 0 Å². The van der Waals surface area contributed by atoms with E-state index in [1.807, 2.05) is 29.2 Å². The van der Waals surface area contributed by atoms with Crippen LogP contribution in [-0.2, 0) is 13.0 Å². The molecule has 4 rings (SSSR count). The molecule has 1 atom stereocenters. The van der Waals surface area contributed by atoms with Crippen LogP contribution in [0.1, 0.15) is 52.7 Å². The van der Waals surface area contributed by atoms with Gasteiger partial charge in [0.1, 0.15) is 5.82 Å². The minimum atomic E-state index is -0.152. The van der Waals surface area contributed by atoms with Crippen molar-refractivity contribution in [3.8, 4) is 0 Å². The van der Waals surface area contributed by atoms with Crippen LogP contribution in [0, 0.1) is 18.7 Å². The van der Waals surface area contributed by atoms with Crippen molar-refractivity contribution in [3.05, 3.63) is 70.5 Å². The lowest BCUT2D eigenvalue weighted by Crippen LogP contribution is -2.30. The second kappa shape index (κ2) is 9.08. The van der Waals surface area contributed by atoms with Gasteiger partial charge in [-0.2, -0.15) is 0 Å². The van der Waals surface area contributed by atoms with Crippen molar-refractivity contribution in [3.63, 3.8) is 0 Å². The fourth-order valence-corrected chi connectivity index (χ4v) is 4.66. The maximum absolute atomic E-state index is 13.5. The van der Waals surface area contributed by atoms with Crippen LogP contribution in [0.15, 0.2) is 42.5 Å². The van der Waals surface area contributed by atoms with E-state index in [1.54, 1.807) is 13.0 Å². The predicted molar refractivity (Wildman–Crippen MR) is 114 cm³/mol. The van der Waals surface area contributed by atoms with E-state index in [2.05, 4.69) is 17.0 Å². The Labute approximate surface area is 173 Å². The summed E-state index contributed by atoms with van der Waals surface area (Å²) in [5.41, 5.74) is 3.92. The molecule has 4 heteroatoms. The number of nitrogens with zero attached hydrogens (tertiary/aromatic N) is 2. The molecule has 29 heavy (non-hydrogen) atoms. The van der Waals surface area contributed by atoms with Crippen molar-refractivity contribution in [2.24, 2.45) is 5.92 Å². The zero-order valence-electron chi connectivity index (χ0n) is 17.4. The van der Waals surface area contributed by atoms with Crippen LogP contribution in [0.3, 0.4) is 0 Å². The van der Waals surface area contributed by atoms with Gasteiger partial charge in [0.2, 0.25) is 0 Å². The number of carbonyl (C=O) groups is 1. The number of benzene rings is 2. The third kappa shape index (κ3) is 5.05.